The number of para-hydroxylation sites is 2. The molecule has 3 rings (SSSR count). The second kappa shape index (κ2) is 9.01. The summed E-state index contributed by atoms with van der Waals surface area (Å²) in [5.41, 5.74) is 2.77. The van der Waals surface area contributed by atoms with E-state index in [0.717, 1.165) is 17.4 Å². The molecule has 0 saturated heterocycles. The molecule has 3 aromatic carbocycles. The smallest absolute Gasteiger partial charge is 0.261 e. The van der Waals surface area contributed by atoms with E-state index in [1.807, 2.05) is 32.0 Å². The van der Waals surface area contributed by atoms with Crippen LogP contribution >= 0.6 is 0 Å². The first-order valence-corrected chi connectivity index (χ1v) is 12.9. The number of hydrogen-bond donors (Lipinski definition) is 3. The molecule has 0 saturated carbocycles. The van der Waals surface area contributed by atoms with Crippen molar-refractivity contribution in [2.75, 3.05) is 21.0 Å². The van der Waals surface area contributed by atoms with Crippen LogP contribution in [0.2, 0.25) is 0 Å². The molecule has 10 heteroatoms. The number of nitrogens with one attached hydrogen (secondary N) is 3. The van der Waals surface area contributed by atoms with Crippen LogP contribution in [0.15, 0.2) is 71.6 Å². The Bertz CT molecular complexity index is 1350. The Hall–Kier alpha value is -3.37. The number of benzene rings is 3. The lowest BCUT2D eigenvalue weighted by Gasteiger charge is -2.14. The van der Waals surface area contributed by atoms with E-state index in [4.69, 9.17) is 0 Å². The van der Waals surface area contributed by atoms with E-state index < -0.39 is 26.0 Å². The van der Waals surface area contributed by atoms with E-state index in [1.54, 1.807) is 12.1 Å². The van der Waals surface area contributed by atoms with Crippen LogP contribution in [0.25, 0.3) is 0 Å². The number of carbonyl (C=O) groups excluding carboxylic acids is 1. The SMILES string of the molecule is Cc1cccc(C)c1NS(=O)(=O)c1ccc(NC(=O)c2ccccc2NS(C)(=O)=O)cc1. The summed E-state index contributed by atoms with van der Waals surface area (Å²) in [5.74, 6) is -0.541. The Labute approximate surface area is 187 Å². The van der Waals surface area contributed by atoms with E-state index in [0.29, 0.717) is 11.4 Å². The van der Waals surface area contributed by atoms with Crippen molar-refractivity contribution in [3.63, 3.8) is 0 Å². The largest absolute Gasteiger partial charge is 0.322 e. The number of carbonyl (C=O) groups is 1. The summed E-state index contributed by atoms with van der Waals surface area (Å²) >= 11 is 0. The maximum Gasteiger partial charge on any atom is 0.261 e. The summed E-state index contributed by atoms with van der Waals surface area (Å²) in [7, 11) is -7.39. The first kappa shape index (κ1) is 23.3. The van der Waals surface area contributed by atoms with Crippen molar-refractivity contribution < 1.29 is 21.6 Å². The van der Waals surface area contributed by atoms with Crippen LogP contribution in [0.1, 0.15) is 21.5 Å². The van der Waals surface area contributed by atoms with Gasteiger partial charge in [0.25, 0.3) is 15.9 Å². The Morgan fingerprint density at radius 3 is 1.94 bits per heavy atom. The molecule has 8 nitrogen and oxygen atoms in total. The third-order valence-electron chi connectivity index (χ3n) is 4.61. The van der Waals surface area contributed by atoms with Gasteiger partial charge < -0.3 is 5.32 Å². The van der Waals surface area contributed by atoms with Gasteiger partial charge in [0.2, 0.25) is 10.0 Å². The molecule has 0 heterocycles. The van der Waals surface area contributed by atoms with Gasteiger partial charge >= 0.3 is 0 Å². The van der Waals surface area contributed by atoms with E-state index in [9.17, 15) is 21.6 Å². The Balaban J connectivity index is 1.79. The standard InChI is InChI=1S/C22H23N3O5S2/c1-15-7-6-8-16(2)21(15)25-32(29,30)18-13-11-17(12-14-18)23-22(26)19-9-4-5-10-20(19)24-31(3,27)28/h4-14,24-25H,1-3H3,(H,23,26). The van der Waals surface area contributed by atoms with Crippen LogP contribution in [0, 0.1) is 13.8 Å². The Morgan fingerprint density at radius 1 is 0.750 bits per heavy atom. The molecular formula is C22H23N3O5S2. The van der Waals surface area contributed by atoms with Gasteiger partial charge in [0.15, 0.2) is 0 Å². The van der Waals surface area contributed by atoms with E-state index in [1.165, 1.54) is 36.4 Å². The van der Waals surface area contributed by atoms with Gasteiger partial charge in [0.05, 0.1) is 28.1 Å². The average Bonchev–Trinajstić information content (AvgIpc) is 2.70. The van der Waals surface area contributed by atoms with Gasteiger partial charge in [-0.15, -0.1) is 0 Å². The van der Waals surface area contributed by atoms with Crippen LogP contribution in [0.3, 0.4) is 0 Å². The number of hydrogen-bond acceptors (Lipinski definition) is 5. The minimum atomic E-state index is -3.82. The third kappa shape index (κ3) is 5.65. The van der Waals surface area contributed by atoms with Crippen molar-refractivity contribution in [2.45, 2.75) is 18.7 Å². The molecule has 0 aliphatic heterocycles. The highest BCUT2D eigenvalue weighted by atomic mass is 32.2. The van der Waals surface area contributed by atoms with Gasteiger partial charge in [-0.1, -0.05) is 30.3 Å². The van der Waals surface area contributed by atoms with E-state index in [-0.39, 0.29) is 16.1 Å². The molecule has 0 spiro atoms. The van der Waals surface area contributed by atoms with Gasteiger partial charge in [0.1, 0.15) is 0 Å². The quantitative estimate of drug-likeness (QED) is 0.483. The molecule has 0 bridgehead atoms. The summed E-state index contributed by atoms with van der Waals surface area (Å²) in [5, 5.41) is 2.64. The zero-order chi connectivity index (χ0) is 23.5. The zero-order valence-corrected chi connectivity index (χ0v) is 19.3. The Kier molecular flexibility index (Phi) is 6.56. The van der Waals surface area contributed by atoms with Crippen LogP contribution in [-0.2, 0) is 20.0 Å². The van der Waals surface area contributed by atoms with Crippen LogP contribution in [0.5, 0.6) is 0 Å². The second-order valence-corrected chi connectivity index (χ2v) is 10.7. The minimum absolute atomic E-state index is 0.0392. The lowest BCUT2D eigenvalue weighted by molar-refractivity contribution is 0.102. The van der Waals surface area contributed by atoms with Gasteiger partial charge in [0, 0.05) is 5.69 Å². The molecular weight excluding hydrogens is 450 g/mol. The number of sulfonamides is 2. The lowest BCUT2D eigenvalue weighted by Crippen LogP contribution is -2.18. The molecule has 0 atom stereocenters. The van der Waals surface area contributed by atoms with Gasteiger partial charge in [-0.2, -0.15) is 0 Å². The van der Waals surface area contributed by atoms with Gasteiger partial charge in [-0.3, -0.25) is 14.2 Å². The summed E-state index contributed by atoms with van der Waals surface area (Å²) in [6.07, 6.45) is 0.993. The zero-order valence-electron chi connectivity index (χ0n) is 17.7. The second-order valence-electron chi connectivity index (χ2n) is 7.27. The first-order chi connectivity index (χ1) is 15.0. The predicted molar refractivity (Wildman–Crippen MR) is 126 cm³/mol. The van der Waals surface area contributed by atoms with Crippen LogP contribution < -0.4 is 14.8 Å². The summed E-state index contributed by atoms with van der Waals surface area (Å²) in [4.78, 5) is 12.7. The fourth-order valence-electron chi connectivity index (χ4n) is 3.05. The molecule has 0 fully saturated rings. The van der Waals surface area contributed by atoms with E-state index >= 15 is 0 Å². The number of amides is 1. The molecule has 0 radical (unpaired) electrons. The normalized spacial score (nSPS) is 11.6. The lowest BCUT2D eigenvalue weighted by atomic mass is 10.1. The highest BCUT2D eigenvalue weighted by Gasteiger charge is 2.18. The predicted octanol–water partition coefficient (Wildman–Crippen LogP) is 3.73. The molecule has 0 aliphatic rings. The summed E-state index contributed by atoms with van der Waals surface area (Å²) < 4.78 is 53.5. The molecule has 0 aliphatic carbocycles. The van der Waals surface area contributed by atoms with Crippen molar-refractivity contribution >= 4 is 43.0 Å². The molecule has 32 heavy (non-hydrogen) atoms. The van der Waals surface area contributed by atoms with Gasteiger partial charge in [-0.05, 0) is 61.4 Å². The fourth-order valence-corrected chi connectivity index (χ4v) is 4.83. The highest BCUT2D eigenvalue weighted by molar-refractivity contribution is 7.92. The first-order valence-electron chi connectivity index (χ1n) is 9.53. The minimum Gasteiger partial charge on any atom is -0.322 e. The Morgan fingerprint density at radius 2 is 1.34 bits per heavy atom. The fraction of sp³-hybridized carbons (Fsp3) is 0.136. The molecule has 0 unspecified atom stereocenters. The number of aryl methyl sites for hydroxylation is 2. The summed E-state index contributed by atoms with van der Waals surface area (Å²) in [6, 6.07) is 17.3. The van der Waals surface area contributed by atoms with E-state index in [2.05, 4.69) is 14.8 Å². The van der Waals surface area contributed by atoms with Crippen molar-refractivity contribution in [3.8, 4) is 0 Å². The third-order valence-corrected chi connectivity index (χ3v) is 6.56. The maximum atomic E-state index is 12.8. The van der Waals surface area contributed by atoms with Crippen molar-refractivity contribution in [1.82, 2.24) is 0 Å². The van der Waals surface area contributed by atoms with Crippen LogP contribution in [0.4, 0.5) is 17.1 Å². The van der Waals surface area contributed by atoms with Crippen LogP contribution in [-0.4, -0.2) is 29.0 Å². The molecule has 3 aromatic rings. The molecule has 1 amide bonds. The topological polar surface area (TPSA) is 121 Å². The number of anilines is 3. The monoisotopic (exact) mass is 473 g/mol. The molecule has 0 aromatic heterocycles. The van der Waals surface area contributed by atoms with Gasteiger partial charge in [-0.25, -0.2) is 16.8 Å². The maximum absolute atomic E-state index is 12.8. The van der Waals surface area contributed by atoms with Crippen molar-refractivity contribution in [1.29, 1.82) is 0 Å². The average molecular weight is 474 g/mol. The van der Waals surface area contributed by atoms with Crippen molar-refractivity contribution in [2.24, 2.45) is 0 Å². The summed E-state index contributed by atoms with van der Waals surface area (Å²) in [6.45, 7) is 3.64. The number of rotatable bonds is 7. The van der Waals surface area contributed by atoms with Crippen molar-refractivity contribution in [3.05, 3.63) is 83.4 Å². The molecule has 3 N–H and O–H groups in total. The highest BCUT2D eigenvalue weighted by Crippen LogP contribution is 2.24. The molecule has 168 valence electrons.